The molecule has 5 rings (SSSR count). The number of nitrogen functional groups attached to an aromatic ring is 1. The standard InChI is InChI=1S/C24H26N6/c1-29-10-12-30(13-11-29)16-17-2-4-18(5-3-17)24-21-7-6-19(14-22(21)27-28-24)20-8-9-26-23(25)15-20/h2-9,14-15H,10-13,16H2,1H3,(H2,25,26)(H,27,28). The van der Waals surface area contributed by atoms with Crippen LogP contribution in [0.4, 0.5) is 5.82 Å². The first kappa shape index (κ1) is 18.8. The van der Waals surface area contributed by atoms with Crippen molar-refractivity contribution < 1.29 is 0 Å². The Labute approximate surface area is 176 Å². The van der Waals surface area contributed by atoms with Crippen LogP contribution in [0.1, 0.15) is 5.56 Å². The van der Waals surface area contributed by atoms with Crippen molar-refractivity contribution in [2.45, 2.75) is 6.54 Å². The Hall–Kier alpha value is -3.22. The molecular formula is C24H26N6. The van der Waals surface area contributed by atoms with Gasteiger partial charge in [-0.25, -0.2) is 4.98 Å². The van der Waals surface area contributed by atoms with E-state index in [9.17, 15) is 0 Å². The van der Waals surface area contributed by atoms with Crippen molar-refractivity contribution in [3.8, 4) is 22.4 Å². The first-order chi connectivity index (χ1) is 14.7. The number of benzene rings is 2. The lowest BCUT2D eigenvalue weighted by molar-refractivity contribution is 0.148. The lowest BCUT2D eigenvalue weighted by Crippen LogP contribution is -2.43. The fourth-order valence-electron chi connectivity index (χ4n) is 4.08. The number of H-pyrrole nitrogens is 1. The third-order valence-electron chi connectivity index (χ3n) is 5.91. The average molecular weight is 399 g/mol. The van der Waals surface area contributed by atoms with E-state index in [2.05, 4.69) is 74.5 Å². The first-order valence-corrected chi connectivity index (χ1v) is 10.4. The predicted molar refractivity (Wildman–Crippen MR) is 122 cm³/mol. The number of anilines is 1. The summed E-state index contributed by atoms with van der Waals surface area (Å²) in [5.74, 6) is 0.523. The van der Waals surface area contributed by atoms with Gasteiger partial charge in [0.05, 0.1) is 11.2 Å². The summed E-state index contributed by atoms with van der Waals surface area (Å²) in [5, 5.41) is 8.90. The summed E-state index contributed by atoms with van der Waals surface area (Å²) in [6, 6.07) is 19.0. The van der Waals surface area contributed by atoms with Gasteiger partial charge in [-0.3, -0.25) is 10.00 Å². The molecule has 1 fully saturated rings. The maximum atomic E-state index is 5.83. The van der Waals surface area contributed by atoms with E-state index in [0.29, 0.717) is 5.82 Å². The molecule has 152 valence electrons. The molecule has 0 amide bonds. The quantitative estimate of drug-likeness (QED) is 0.549. The minimum atomic E-state index is 0.523. The predicted octanol–water partition coefficient (Wildman–Crippen LogP) is 3.62. The highest BCUT2D eigenvalue weighted by atomic mass is 15.2. The molecular weight excluding hydrogens is 372 g/mol. The van der Waals surface area contributed by atoms with Gasteiger partial charge < -0.3 is 10.6 Å². The van der Waals surface area contributed by atoms with Crippen LogP contribution in [0.3, 0.4) is 0 Å². The lowest BCUT2D eigenvalue weighted by atomic mass is 10.0. The molecule has 0 spiro atoms. The molecule has 2 aromatic heterocycles. The molecule has 0 unspecified atom stereocenters. The van der Waals surface area contributed by atoms with Crippen molar-refractivity contribution >= 4 is 16.7 Å². The van der Waals surface area contributed by atoms with Gasteiger partial charge in [0.1, 0.15) is 5.82 Å². The maximum Gasteiger partial charge on any atom is 0.123 e. The largest absolute Gasteiger partial charge is 0.384 e. The van der Waals surface area contributed by atoms with Crippen molar-refractivity contribution in [1.82, 2.24) is 25.0 Å². The van der Waals surface area contributed by atoms with Crippen LogP contribution in [-0.2, 0) is 6.54 Å². The van der Waals surface area contributed by atoms with Gasteiger partial charge in [0.15, 0.2) is 0 Å². The Kier molecular flexibility index (Phi) is 4.94. The molecule has 0 saturated carbocycles. The van der Waals surface area contributed by atoms with Gasteiger partial charge in [-0.1, -0.05) is 30.3 Å². The van der Waals surface area contributed by atoms with E-state index in [-0.39, 0.29) is 0 Å². The molecule has 0 radical (unpaired) electrons. The molecule has 0 bridgehead atoms. The fraction of sp³-hybridized carbons (Fsp3) is 0.250. The summed E-state index contributed by atoms with van der Waals surface area (Å²) in [6.45, 7) is 5.56. The van der Waals surface area contributed by atoms with Gasteiger partial charge in [0.25, 0.3) is 0 Å². The molecule has 1 aliphatic heterocycles. The van der Waals surface area contributed by atoms with Crippen molar-refractivity contribution in [2.24, 2.45) is 0 Å². The van der Waals surface area contributed by atoms with E-state index < -0.39 is 0 Å². The monoisotopic (exact) mass is 398 g/mol. The van der Waals surface area contributed by atoms with E-state index in [1.54, 1.807) is 6.20 Å². The number of fused-ring (bicyclic) bond motifs is 1. The van der Waals surface area contributed by atoms with Crippen LogP contribution in [0.15, 0.2) is 60.8 Å². The van der Waals surface area contributed by atoms with Gasteiger partial charge in [0, 0.05) is 49.9 Å². The van der Waals surface area contributed by atoms with Crippen LogP contribution in [-0.4, -0.2) is 58.2 Å². The van der Waals surface area contributed by atoms with E-state index in [1.165, 1.54) is 5.56 Å². The van der Waals surface area contributed by atoms with Crippen LogP contribution in [0.2, 0.25) is 0 Å². The summed E-state index contributed by atoms with van der Waals surface area (Å²) < 4.78 is 0. The number of likely N-dealkylation sites (N-methyl/N-ethyl adjacent to an activating group) is 1. The highest BCUT2D eigenvalue weighted by Gasteiger charge is 2.14. The van der Waals surface area contributed by atoms with Gasteiger partial charge >= 0.3 is 0 Å². The van der Waals surface area contributed by atoms with Gasteiger partial charge in [0.2, 0.25) is 0 Å². The molecule has 6 heteroatoms. The summed E-state index contributed by atoms with van der Waals surface area (Å²) in [6.07, 6.45) is 1.73. The van der Waals surface area contributed by atoms with Crippen LogP contribution in [0.5, 0.6) is 0 Å². The summed E-state index contributed by atoms with van der Waals surface area (Å²) in [7, 11) is 2.19. The topological polar surface area (TPSA) is 74.1 Å². The molecule has 30 heavy (non-hydrogen) atoms. The molecule has 0 atom stereocenters. The zero-order valence-corrected chi connectivity index (χ0v) is 17.2. The number of hydrogen-bond acceptors (Lipinski definition) is 5. The Morgan fingerprint density at radius 1 is 0.900 bits per heavy atom. The van der Waals surface area contributed by atoms with E-state index in [4.69, 9.17) is 5.73 Å². The van der Waals surface area contributed by atoms with Gasteiger partial charge in [-0.2, -0.15) is 5.10 Å². The number of nitrogens with two attached hydrogens (primary N) is 1. The van der Waals surface area contributed by atoms with E-state index >= 15 is 0 Å². The summed E-state index contributed by atoms with van der Waals surface area (Å²) in [5.41, 5.74) is 12.4. The zero-order chi connectivity index (χ0) is 20.5. The SMILES string of the molecule is CN1CCN(Cc2ccc(-c3n[nH]c4cc(-c5ccnc(N)c5)ccc34)cc2)CC1. The lowest BCUT2D eigenvalue weighted by Gasteiger charge is -2.32. The molecule has 2 aromatic carbocycles. The highest BCUT2D eigenvalue weighted by Crippen LogP contribution is 2.30. The van der Waals surface area contributed by atoms with Crippen molar-refractivity contribution in [1.29, 1.82) is 0 Å². The number of pyridine rings is 1. The number of nitrogens with zero attached hydrogens (tertiary/aromatic N) is 4. The fourth-order valence-corrected chi connectivity index (χ4v) is 4.08. The van der Waals surface area contributed by atoms with Crippen LogP contribution < -0.4 is 5.73 Å². The highest BCUT2D eigenvalue weighted by molar-refractivity contribution is 5.95. The second-order valence-electron chi connectivity index (χ2n) is 8.08. The molecule has 1 aliphatic rings. The van der Waals surface area contributed by atoms with Crippen molar-refractivity contribution in [3.63, 3.8) is 0 Å². The van der Waals surface area contributed by atoms with Gasteiger partial charge in [-0.15, -0.1) is 0 Å². The zero-order valence-electron chi connectivity index (χ0n) is 17.2. The smallest absolute Gasteiger partial charge is 0.123 e. The number of aromatic nitrogens is 3. The minimum Gasteiger partial charge on any atom is -0.384 e. The average Bonchev–Trinajstić information content (AvgIpc) is 3.19. The third kappa shape index (κ3) is 3.79. The van der Waals surface area contributed by atoms with Gasteiger partial charge in [-0.05, 0) is 48.0 Å². The van der Waals surface area contributed by atoms with Crippen molar-refractivity contribution in [2.75, 3.05) is 39.0 Å². The van der Waals surface area contributed by atoms with Crippen LogP contribution in [0, 0.1) is 0 Å². The molecule has 6 nitrogen and oxygen atoms in total. The maximum absolute atomic E-state index is 5.83. The summed E-state index contributed by atoms with van der Waals surface area (Å²) >= 11 is 0. The Bertz CT molecular complexity index is 1160. The number of nitrogens with one attached hydrogen (secondary N) is 1. The van der Waals surface area contributed by atoms with E-state index in [0.717, 1.165) is 66.0 Å². The van der Waals surface area contributed by atoms with E-state index in [1.807, 2.05) is 12.1 Å². The Morgan fingerprint density at radius 3 is 2.40 bits per heavy atom. The number of aromatic amines is 1. The second kappa shape index (κ2) is 7.89. The Morgan fingerprint density at radius 2 is 1.63 bits per heavy atom. The molecule has 0 aliphatic carbocycles. The Balaban J connectivity index is 1.37. The number of piperazine rings is 1. The normalized spacial score (nSPS) is 15.6. The summed E-state index contributed by atoms with van der Waals surface area (Å²) in [4.78, 5) is 8.98. The van der Waals surface area contributed by atoms with Crippen molar-refractivity contribution in [3.05, 3.63) is 66.4 Å². The third-order valence-corrected chi connectivity index (χ3v) is 5.91. The first-order valence-electron chi connectivity index (χ1n) is 10.4. The number of hydrogen-bond donors (Lipinski definition) is 2. The molecule has 3 heterocycles. The molecule has 4 aromatic rings. The second-order valence-corrected chi connectivity index (χ2v) is 8.08. The molecule has 1 saturated heterocycles. The minimum absolute atomic E-state index is 0.523. The number of rotatable bonds is 4. The van der Waals surface area contributed by atoms with Crippen LogP contribution in [0.25, 0.3) is 33.3 Å². The molecule has 3 N–H and O–H groups in total. The van der Waals surface area contributed by atoms with Crippen LogP contribution >= 0.6 is 0 Å².